The van der Waals surface area contributed by atoms with E-state index in [9.17, 15) is 13.2 Å². The van der Waals surface area contributed by atoms with Gasteiger partial charge in [-0.25, -0.2) is 8.42 Å². The lowest BCUT2D eigenvalue weighted by molar-refractivity contribution is 0.102. The quantitative estimate of drug-likeness (QED) is 0.554. The Kier molecular flexibility index (Phi) is 6.55. The van der Waals surface area contributed by atoms with Gasteiger partial charge in [0.25, 0.3) is 15.9 Å². The van der Waals surface area contributed by atoms with Crippen molar-refractivity contribution in [2.24, 2.45) is 0 Å². The molecule has 1 N–H and O–H groups in total. The average Bonchev–Trinajstić information content (AvgIpc) is 3.24. The standard InChI is InChI=1S/C20H19ClN2O5S2/c1-23(15-7-4-13(21)5-8-15)30(25,26)18-10-11-29-19(18)20(24)22-14-6-9-16(27-2)17(12-14)28-3/h4-12H,1-3H3,(H,22,24). The first-order chi connectivity index (χ1) is 14.3. The lowest BCUT2D eigenvalue weighted by Gasteiger charge is -2.19. The molecular formula is C20H19ClN2O5S2. The van der Waals surface area contributed by atoms with E-state index in [2.05, 4.69) is 5.32 Å². The fraction of sp³-hybridized carbons (Fsp3) is 0.150. The number of carbonyl (C=O) groups is 1. The second-order valence-electron chi connectivity index (χ2n) is 6.09. The molecule has 158 valence electrons. The Morgan fingerprint density at radius 2 is 1.70 bits per heavy atom. The van der Waals surface area contributed by atoms with Crippen LogP contribution in [0.25, 0.3) is 0 Å². The van der Waals surface area contributed by atoms with Crippen LogP contribution in [0, 0.1) is 0 Å². The molecule has 2 aromatic carbocycles. The summed E-state index contributed by atoms with van der Waals surface area (Å²) in [7, 11) is 0.461. The highest BCUT2D eigenvalue weighted by atomic mass is 35.5. The fourth-order valence-electron chi connectivity index (χ4n) is 2.71. The zero-order valence-electron chi connectivity index (χ0n) is 16.4. The summed E-state index contributed by atoms with van der Waals surface area (Å²) in [5, 5.41) is 4.76. The van der Waals surface area contributed by atoms with E-state index in [0.717, 1.165) is 15.6 Å². The van der Waals surface area contributed by atoms with Crippen molar-refractivity contribution in [2.45, 2.75) is 4.90 Å². The molecule has 0 fully saturated rings. The van der Waals surface area contributed by atoms with Gasteiger partial charge in [0, 0.05) is 23.8 Å². The minimum absolute atomic E-state index is 0.0746. The first-order valence-electron chi connectivity index (χ1n) is 8.63. The summed E-state index contributed by atoms with van der Waals surface area (Å²) < 4.78 is 37.8. The Bertz CT molecular complexity index is 1160. The predicted octanol–water partition coefficient (Wildman–Crippen LogP) is 4.50. The molecule has 0 aliphatic rings. The van der Waals surface area contributed by atoms with Crippen LogP contribution in [0.2, 0.25) is 5.02 Å². The normalized spacial score (nSPS) is 11.1. The Labute approximate surface area is 183 Å². The Balaban J connectivity index is 1.88. The monoisotopic (exact) mass is 466 g/mol. The molecule has 0 saturated heterocycles. The first-order valence-corrected chi connectivity index (χ1v) is 11.3. The van der Waals surface area contributed by atoms with E-state index >= 15 is 0 Å². The highest BCUT2D eigenvalue weighted by Crippen LogP contribution is 2.32. The van der Waals surface area contributed by atoms with Crippen molar-refractivity contribution < 1.29 is 22.7 Å². The third kappa shape index (κ3) is 4.38. The summed E-state index contributed by atoms with van der Waals surface area (Å²) in [5.41, 5.74) is 0.873. The lowest BCUT2D eigenvalue weighted by atomic mass is 10.2. The van der Waals surface area contributed by atoms with E-state index in [1.807, 2.05) is 0 Å². The van der Waals surface area contributed by atoms with E-state index in [4.69, 9.17) is 21.1 Å². The fourth-order valence-corrected chi connectivity index (χ4v) is 5.32. The number of rotatable bonds is 7. The molecule has 0 saturated carbocycles. The van der Waals surface area contributed by atoms with Crippen LogP contribution in [0.5, 0.6) is 11.5 Å². The molecule has 1 heterocycles. The van der Waals surface area contributed by atoms with Crippen molar-refractivity contribution in [1.82, 2.24) is 0 Å². The van der Waals surface area contributed by atoms with Gasteiger partial charge in [-0.2, -0.15) is 0 Å². The van der Waals surface area contributed by atoms with Crippen LogP contribution in [0.3, 0.4) is 0 Å². The van der Waals surface area contributed by atoms with Crippen molar-refractivity contribution in [2.75, 3.05) is 30.9 Å². The molecule has 3 aromatic rings. The molecule has 1 aromatic heterocycles. The van der Waals surface area contributed by atoms with Gasteiger partial charge < -0.3 is 14.8 Å². The van der Waals surface area contributed by atoms with Crippen molar-refractivity contribution >= 4 is 50.2 Å². The number of ether oxygens (including phenoxy) is 2. The molecule has 0 spiro atoms. The van der Waals surface area contributed by atoms with Crippen LogP contribution >= 0.6 is 22.9 Å². The summed E-state index contributed by atoms with van der Waals surface area (Å²) >= 11 is 6.92. The number of nitrogens with one attached hydrogen (secondary N) is 1. The molecule has 7 nitrogen and oxygen atoms in total. The number of sulfonamides is 1. The lowest BCUT2D eigenvalue weighted by Crippen LogP contribution is -2.28. The van der Waals surface area contributed by atoms with Crippen LogP contribution < -0.4 is 19.1 Å². The largest absolute Gasteiger partial charge is 0.493 e. The van der Waals surface area contributed by atoms with Crippen LogP contribution in [0.1, 0.15) is 9.67 Å². The topological polar surface area (TPSA) is 84.9 Å². The van der Waals surface area contributed by atoms with E-state index in [1.54, 1.807) is 47.8 Å². The van der Waals surface area contributed by atoms with E-state index in [1.165, 1.54) is 27.3 Å². The highest BCUT2D eigenvalue weighted by molar-refractivity contribution is 7.93. The highest BCUT2D eigenvalue weighted by Gasteiger charge is 2.28. The molecule has 0 bridgehead atoms. The number of anilines is 2. The van der Waals surface area contributed by atoms with Crippen molar-refractivity contribution in [3.05, 3.63) is 63.8 Å². The van der Waals surface area contributed by atoms with Gasteiger partial charge in [0.1, 0.15) is 9.77 Å². The molecule has 3 rings (SSSR count). The van der Waals surface area contributed by atoms with Gasteiger partial charge >= 0.3 is 0 Å². The number of thiophene rings is 1. The zero-order chi connectivity index (χ0) is 21.9. The molecule has 0 aliphatic carbocycles. The maximum atomic E-state index is 13.1. The van der Waals surface area contributed by atoms with Gasteiger partial charge in [0.15, 0.2) is 11.5 Å². The molecule has 0 atom stereocenters. The van der Waals surface area contributed by atoms with Crippen LogP contribution in [0.15, 0.2) is 58.8 Å². The van der Waals surface area contributed by atoms with Gasteiger partial charge in [-0.05, 0) is 47.8 Å². The van der Waals surface area contributed by atoms with E-state index in [0.29, 0.717) is 27.9 Å². The average molecular weight is 467 g/mol. The smallest absolute Gasteiger partial charge is 0.267 e. The molecule has 10 heteroatoms. The summed E-state index contributed by atoms with van der Waals surface area (Å²) in [6, 6.07) is 12.7. The van der Waals surface area contributed by atoms with Crippen molar-refractivity contribution in [3.8, 4) is 11.5 Å². The van der Waals surface area contributed by atoms with E-state index < -0.39 is 15.9 Å². The van der Waals surface area contributed by atoms with Gasteiger partial charge in [-0.3, -0.25) is 9.10 Å². The van der Waals surface area contributed by atoms with E-state index in [-0.39, 0.29) is 9.77 Å². The minimum Gasteiger partial charge on any atom is -0.493 e. The second-order valence-corrected chi connectivity index (χ2v) is 9.38. The Morgan fingerprint density at radius 1 is 1.03 bits per heavy atom. The Hall–Kier alpha value is -2.75. The van der Waals surface area contributed by atoms with Crippen molar-refractivity contribution in [3.63, 3.8) is 0 Å². The number of benzene rings is 2. The van der Waals surface area contributed by atoms with Gasteiger partial charge in [0.05, 0.1) is 19.9 Å². The Morgan fingerprint density at radius 3 is 2.33 bits per heavy atom. The van der Waals surface area contributed by atoms with Crippen LogP contribution in [-0.2, 0) is 10.0 Å². The maximum Gasteiger partial charge on any atom is 0.267 e. The summed E-state index contributed by atoms with van der Waals surface area (Å²) in [5.74, 6) is 0.413. The second kappa shape index (κ2) is 8.95. The summed E-state index contributed by atoms with van der Waals surface area (Å²) in [6.07, 6.45) is 0. The molecule has 0 aliphatic heterocycles. The summed E-state index contributed by atoms with van der Waals surface area (Å²) in [4.78, 5) is 12.8. The van der Waals surface area contributed by atoms with Gasteiger partial charge in [-0.1, -0.05) is 11.6 Å². The predicted molar refractivity (Wildman–Crippen MR) is 119 cm³/mol. The van der Waals surface area contributed by atoms with Gasteiger partial charge in [-0.15, -0.1) is 11.3 Å². The molecule has 1 amide bonds. The number of amides is 1. The molecule has 0 unspecified atom stereocenters. The number of halogens is 1. The molecule has 30 heavy (non-hydrogen) atoms. The third-order valence-corrected chi connectivity index (χ3v) is 7.43. The van der Waals surface area contributed by atoms with Crippen LogP contribution in [-0.4, -0.2) is 35.6 Å². The number of hydrogen-bond donors (Lipinski definition) is 1. The summed E-state index contributed by atoms with van der Waals surface area (Å²) in [6.45, 7) is 0. The minimum atomic E-state index is -3.96. The number of hydrogen-bond acceptors (Lipinski definition) is 6. The maximum absolute atomic E-state index is 13.1. The third-order valence-electron chi connectivity index (χ3n) is 4.31. The molecule has 0 radical (unpaired) electrons. The number of carbonyl (C=O) groups excluding carboxylic acids is 1. The number of nitrogens with zero attached hydrogens (tertiary/aromatic N) is 1. The van der Waals surface area contributed by atoms with Gasteiger partial charge in [0.2, 0.25) is 0 Å². The van der Waals surface area contributed by atoms with Crippen molar-refractivity contribution in [1.29, 1.82) is 0 Å². The molecular weight excluding hydrogens is 448 g/mol. The first kappa shape index (κ1) is 21.9. The zero-order valence-corrected chi connectivity index (χ0v) is 18.8. The SMILES string of the molecule is COc1ccc(NC(=O)c2sccc2S(=O)(=O)N(C)c2ccc(Cl)cc2)cc1OC. The van der Waals surface area contributed by atoms with Crippen LogP contribution in [0.4, 0.5) is 11.4 Å². The number of methoxy groups -OCH3 is 2.